The zero-order valence-corrected chi connectivity index (χ0v) is 32.2. The first kappa shape index (κ1) is 43.2. The summed E-state index contributed by atoms with van der Waals surface area (Å²) >= 11 is 0. The number of carboxylic acids is 1. The summed E-state index contributed by atoms with van der Waals surface area (Å²) in [5.74, 6) is -2.18. The third-order valence-corrected chi connectivity index (χ3v) is 11.3. The van der Waals surface area contributed by atoms with Gasteiger partial charge in [-0.2, -0.15) is 13.2 Å². The molecule has 1 spiro atoms. The lowest BCUT2D eigenvalue weighted by Gasteiger charge is -2.61. The number of aliphatic carboxylic acids is 1. The first-order chi connectivity index (χ1) is 25.7. The Balaban J connectivity index is 0.000000845. The van der Waals surface area contributed by atoms with E-state index < -0.39 is 41.3 Å². The molecule has 13 heteroatoms. The van der Waals surface area contributed by atoms with E-state index in [-0.39, 0.29) is 18.4 Å². The van der Waals surface area contributed by atoms with Crippen molar-refractivity contribution in [3.8, 4) is 11.5 Å². The number of methoxy groups -OCH3 is 1. The Labute approximate surface area is 317 Å². The molecule has 302 valence electrons. The van der Waals surface area contributed by atoms with Crippen LogP contribution < -0.4 is 9.47 Å². The van der Waals surface area contributed by atoms with Crippen molar-refractivity contribution >= 4 is 17.9 Å². The molecule has 10 nitrogen and oxygen atoms in total. The summed E-state index contributed by atoms with van der Waals surface area (Å²) in [7, 11) is 3.67. The van der Waals surface area contributed by atoms with Crippen LogP contribution in [0.2, 0.25) is 0 Å². The average Bonchev–Trinajstić information content (AvgIpc) is 3.48. The number of carbonyl (C=O) groups is 3. The largest absolute Gasteiger partial charge is 0.493 e. The number of piperidine rings is 1. The van der Waals surface area contributed by atoms with E-state index in [1.54, 1.807) is 20.1 Å². The molecule has 2 bridgehead atoms. The molecule has 1 fully saturated rings. The molecule has 0 aromatic heterocycles. The van der Waals surface area contributed by atoms with Gasteiger partial charge in [0.1, 0.15) is 5.76 Å². The van der Waals surface area contributed by atoms with Gasteiger partial charge in [-0.25, -0.2) is 9.59 Å². The maximum Gasteiger partial charge on any atom is 0.490 e. The normalized spacial score (nSPS) is 24.4. The van der Waals surface area contributed by atoms with Crippen molar-refractivity contribution in [2.75, 3.05) is 20.7 Å². The van der Waals surface area contributed by atoms with Gasteiger partial charge in [-0.15, -0.1) is 0 Å². The van der Waals surface area contributed by atoms with Gasteiger partial charge in [0.25, 0.3) is 0 Å². The molecule has 5 atom stereocenters. The summed E-state index contributed by atoms with van der Waals surface area (Å²) < 4.78 is 55.3. The predicted octanol–water partition coefficient (Wildman–Crippen LogP) is 8.12. The standard InChI is InChI=1S/C39H57NO7.C2HF3O2/c1-5-6-7-8-9-10-11-12-13-14-15-16-17-18-19-20-33(41)45-28(2)37(42)46-31-23-24-39(43)32-27-29-21-22-30(44-4)35-34(29)38(39,36(31)47-35)25-26-40(32)3;3-2(4,5)1(6)7/h12-13,21-23,28,32,36,43H,5-11,14-20,24-27H2,1-4H3;(H,6,7)/b13-12-;/t28?,32-,36+,38+,39-;/m1./s1. The first-order valence-corrected chi connectivity index (χ1v) is 19.6. The Hall–Kier alpha value is -3.58. The van der Waals surface area contributed by atoms with E-state index in [1.165, 1.54) is 51.4 Å². The van der Waals surface area contributed by atoms with Crippen LogP contribution >= 0.6 is 0 Å². The monoisotopic (exact) mass is 765 g/mol. The fourth-order valence-corrected chi connectivity index (χ4v) is 8.43. The number of carbonyl (C=O) groups excluding carboxylic acids is 2. The van der Waals surface area contributed by atoms with E-state index in [1.807, 2.05) is 6.07 Å². The molecule has 4 aliphatic rings. The summed E-state index contributed by atoms with van der Waals surface area (Å²) in [6, 6.07) is 3.90. The molecule has 54 heavy (non-hydrogen) atoms. The van der Waals surface area contributed by atoms with Crippen molar-refractivity contribution in [3.63, 3.8) is 0 Å². The van der Waals surface area contributed by atoms with Gasteiger partial charge < -0.3 is 34.1 Å². The third-order valence-electron chi connectivity index (χ3n) is 11.3. The minimum atomic E-state index is -5.08. The number of carboxylic acid groups (broad SMARTS) is 1. The molecule has 2 aliphatic carbocycles. The zero-order valence-electron chi connectivity index (χ0n) is 32.2. The van der Waals surface area contributed by atoms with E-state index in [2.05, 4.69) is 37.1 Å². The van der Waals surface area contributed by atoms with Crippen LogP contribution in [0.4, 0.5) is 13.2 Å². The van der Waals surface area contributed by atoms with Crippen LogP contribution in [-0.2, 0) is 35.7 Å². The number of likely N-dealkylation sites (N-methyl/N-ethyl adjacent to an activating group) is 1. The van der Waals surface area contributed by atoms with Gasteiger partial charge in [0.15, 0.2) is 23.7 Å². The van der Waals surface area contributed by atoms with Crippen LogP contribution in [0.25, 0.3) is 0 Å². The van der Waals surface area contributed by atoms with Crippen LogP contribution in [-0.4, -0.2) is 83.8 Å². The van der Waals surface area contributed by atoms with Crippen molar-refractivity contribution < 1.29 is 56.7 Å². The highest BCUT2D eigenvalue weighted by molar-refractivity contribution is 5.80. The fraction of sp³-hybridized carbons (Fsp3) is 0.683. The number of hydrogen-bond donors (Lipinski definition) is 2. The van der Waals surface area contributed by atoms with Gasteiger partial charge in [-0.05, 0) is 83.2 Å². The minimum absolute atomic E-state index is 0.0841. The highest BCUT2D eigenvalue weighted by Gasteiger charge is 2.72. The van der Waals surface area contributed by atoms with Crippen LogP contribution in [0.15, 0.2) is 36.1 Å². The molecule has 1 saturated heterocycles. The average molecular weight is 766 g/mol. The number of halogens is 3. The molecule has 2 heterocycles. The van der Waals surface area contributed by atoms with Crippen molar-refractivity contribution in [3.05, 3.63) is 47.2 Å². The van der Waals surface area contributed by atoms with Crippen molar-refractivity contribution in [2.45, 2.75) is 158 Å². The van der Waals surface area contributed by atoms with Gasteiger partial charge in [-0.3, -0.25) is 4.79 Å². The van der Waals surface area contributed by atoms with Crippen LogP contribution in [0.3, 0.4) is 0 Å². The second-order valence-corrected chi connectivity index (χ2v) is 15.0. The van der Waals surface area contributed by atoms with Crippen LogP contribution in [0.1, 0.15) is 128 Å². The number of aliphatic hydroxyl groups is 1. The lowest BCUT2D eigenvalue weighted by molar-refractivity contribution is -0.192. The number of alkyl halides is 3. The lowest BCUT2D eigenvalue weighted by atomic mass is 9.50. The van der Waals surface area contributed by atoms with E-state index in [0.717, 1.165) is 49.8 Å². The molecular weight excluding hydrogens is 707 g/mol. The SMILES string of the molecule is CCCCCCCC/C=C\CCCCCCCC(=O)OC(C)C(=O)OC1=CC[C@@]2(O)[C@H]3Cc4ccc(OC)c5c4[C@@]2(CCN3C)[C@H]1O5.O=C(O)C(F)(F)F. The molecule has 2 aliphatic heterocycles. The van der Waals surface area contributed by atoms with Crippen molar-refractivity contribution in [1.29, 1.82) is 0 Å². The highest BCUT2D eigenvalue weighted by atomic mass is 19.4. The van der Waals surface area contributed by atoms with Gasteiger partial charge in [0.2, 0.25) is 0 Å². The van der Waals surface area contributed by atoms with E-state index in [0.29, 0.717) is 36.5 Å². The number of unbranched alkanes of at least 4 members (excludes halogenated alkanes) is 11. The topological polar surface area (TPSA) is 132 Å². The molecule has 0 radical (unpaired) electrons. The fourth-order valence-electron chi connectivity index (χ4n) is 8.43. The number of rotatable bonds is 19. The molecule has 1 aromatic rings. The Morgan fingerprint density at radius 2 is 1.63 bits per heavy atom. The van der Waals surface area contributed by atoms with Crippen LogP contribution in [0.5, 0.6) is 11.5 Å². The molecule has 5 rings (SSSR count). The third kappa shape index (κ3) is 9.80. The predicted molar refractivity (Wildman–Crippen MR) is 196 cm³/mol. The summed E-state index contributed by atoms with van der Waals surface area (Å²) in [6.45, 7) is 4.59. The molecule has 2 N–H and O–H groups in total. The maximum absolute atomic E-state index is 13.2. The van der Waals surface area contributed by atoms with Crippen molar-refractivity contribution in [2.24, 2.45) is 0 Å². The number of nitrogens with zero attached hydrogens (tertiary/aromatic N) is 1. The molecular formula is C41H58F3NO9. The zero-order chi connectivity index (χ0) is 39.5. The summed E-state index contributed by atoms with van der Waals surface area (Å²) in [6.07, 6.45) is 17.1. The van der Waals surface area contributed by atoms with Crippen LogP contribution in [0, 0.1) is 0 Å². The van der Waals surface area contributed by atoms with Gasteiger partial charge in [0.05, 0.1) is 18.1 Å². The van der Waals surface area contributed by atoms with E-state index in [9.17, 15) is 27.9 Å². The quantitative estimate of drug-likeness (QED) is 0.0809. The highest BCUT2D eigenvalue weighted by Crippen LogP contribution is 2.65. The summed E-state index contributed by atoms with van der Waals surface area (Å²) in [5.41, 5.74) is 0.285. The smallest absolute Gasteiger partial charge is 0.490 e. The number of ether oxygens (including phenoxy) is 4. The van der Waals surface area contributed by atoms with Gasteiger partial charge in [0, 0.05) is 24.4 Å². The number of esters is 2. The Morgan fingerprint density at radius 3 is 2.24 bits per heavy atom. The van der Waals surface area contributed by atoms with Gasteiger partial charge in [-0.1, -0.05) is 76.5 Å². The number of benzene rings is 1. The molecule has 1 unspecified atom stereocenters. The molecule has 1 aromatic carbocycles. The van der Waals surface area contributed by atoms with E-state index >= 15 is 0 Å². The lowest BCUT2D eigenvalue weighted by Crippen LogP contribution is -2.74. The second kappa shape index (κ2) is 19.3. The van der Waals surface area contributed by atoms with E-state index in [4.69, 9.17) is 28.8 Å². The summed E-state index contributed by atoms with van der Waals surface area (Å²) in [5, 5.41) is 19.5. The first-order valence-electron chi connectivity index (χ1n) is 19.6. The molecule has 0 amide bonds. The Kier molecular flexibility index (Phi) is 15.4. The van der Waals surface area contributed by atoms with Gasteiger partial charge >= 0.3 is 24.1 Å². The molecule has 0 saturated carbocycles. The number of likely N-dealkylation sites (tertiary alicyclic amines) is 1. The number of allylic oxidation sites excluding steroid dienone is 2. The number of hydrogen-bond acceptors (Lipinski definition) is 9. The van der Waals surface area contributed by atoms with Crippen molar-refractivity contribution in [1.82, 2.24) is 4.90 Å². The Bertz CT molecular complexity index is 1510. The maximum atomic E-state index is 13.2. The second-order valence-electron chi connectivity index (χ2n) is 15.0. The summed E-state index contributed by atoms with van der Waals surface area (Å²) in [4.78, 5) is 36.9. The Morgan fingerprint density at radius 1 is 1.02 bits per heavy atom. The minimum Gasteiger partial charge on any atom is -0.493 e.